The highest BCUT2D eigenvalue weighted by molar-refractivity contribution is 5.97. The largest absolute Gasteiger partial charge is 0.479 e. The van der Waals surface area contributed by atoms with Crippen LogP contribution in [0.5, 0.6) is 5.75 Å². The number of ether oxygens (including phenoxy) is 1. The maximum absolute atomic E-state index is 11.6. The van der Waals surface area contributed by atoms with E-state index in [9.17, 15) is 4.79 Å². The van der Waals surface area contributed by atoms with Gasteiger partial charge in [-0.1, -0.05) is 18.9 Å². The van der Waals surface area contributed by atoms with Crippen LogP contribution < -0.4 is 15.4 Å². The molecule has 1 heterocycles. The van der Waals surface area contributed by atoms with E-state index in [-0.39, 0.29) is 5.91 Å². The highest BCUT2D eigenvalue weighted by Crippen LogP contribution is 2.30. The molecule has 1 amide bonds. The lowest BCUT2D eigenvalue weighted by Crippen LogP contribution is -2.34. The van der Waals surface area contributed by atoms with Crippen molar-refractivity contribution in [2.45, 2.75) is 51.3 Å². The number of carbonyl (C=O) groups excluding carboxylic acids is 1. The topological polar surface area (TPSA) is 50.4 Å². The molecule has 4 nitrogen and oxygen atoms in total. The van der Waals surface area contributed by atoms with E-state index in [0.29, 0.717) is 6.04 Å². The molecule has 1 atom stereocenters. The van der Waals surface area contributed by atoms with Crippen molar-refractivity contribution in [1.82, 2.24) is 5.32 Å². The van der Waals surface area contributed by atoms with Gasteiger partial charge in [-0.15, -0.1) is 0 Å². The second kappa shape index (κ2) is 5.21. The zero-order chi connectivity index (χ0) is 13.2. The molecule has 1 aliphatic heterocycles. The van der Waals surface area contributed by atoms with Crippen LogP contribution in [0.15, 0.2) is 18.2 Å². The van der Waals surface area contributed by atoms with Crippen molar-refractivity contribution in [2.75, 3.05) is 5.32 Å². The number of fused-ring (bicyclic) bond motifs is 1. The van der Waals surface area contributed by atoms with Crippen LogP contribution in [0.4, 0.5) is 5.69 Å². The first-order valence-corrected chi connectivity index (χ1v) is 7.06. The minimum atomic E-state index is -0.407. The van der Waals surface area contributed by atoms with E-state index in [4.69, 9.17) is 4.74 Å². The summed E-state index contributed by atoms with van der Waals surface area (Å²) >= 11 is 0. The summed E-state index contributed by atoms with van der Waals surface area (Å²) in [7, 11) is 0. The van der Waals surface area contributed by atoms with Gasteiger partial charge in [0.25, 0.3) is 5.91 Å². The molecule has 102 valence electrons. The Labute approximate surface area is 113 Å². The Bertz CT molecular complexity index is 481. The van der Waals surface area contributed by atoms with E-state index < -0.39 is 6.10 Å². The number of nitrogens with one attached hydrogen (secondary N) is 2. The first-order valence-electron chi connectivity index (χ1n) is 7.06. The second-order valence-corrected chi connectivity index (χ2v) is 5.44. The fourth-order valence-electron chi connectivity index (χ4n) is 2.76. The third-order valence-corrected chi connectivity index (χ3v) is 3.92. The van der Waals surface area contributed by atoms with Crippen LogP contribution in [-0.4, -0.2) is 18.1 Å². The Morgan fingerprint density at radius 3 is 2.95 bits per heavy atom. The smallest absolute Gasteiger partial charge is 0.265 e. The van der Waals surface area contributed by atoms with Crippen LogP contribution in [-0.2, 0) is 11.3 Å². The van der Waals surface area contributed by atoms with Gasteiger partial charge in [-0.2, -0.15) is 0 Å². The fraction of sp³-hybridized carbons (Fsp3) is 0.533. The summed E-state index contributed by atoms with van der Waals surface area (Å²) in [5.41, 5.74) is 1.97. The summed E-state index contributed by atoms with van der Waals surface area (Å²) in [6.07, 6.45) is 4.83. The number of amides is 1. The first kappa shape index (κ1) is 12.5. The molecule has 0 saturated heterocycles. The molecule has 1 aliphatic carbocycles. The second-order valence-electron chi connectivity index (χ2n) is 5.44. The molecule has 1 fully saturated rings. The molecular weight excluding hydrogens is 240 g/mol. The van der Waals surface area contributed by atoms with E-state index in [1.54, 1.807) is 6.92 Å². The standard InChI is InChI=1S/C15H20N2O2/c1-10-15(18)17-13-8-11(6-7-14(13)19-10)9-16-12-4-2-3-5-12/h6-8,10,12,16H,2-5,9H2,1H3,(H,17,18). The number of anilines is 1. The molecule has 4 heteroatoms. The SMILES string of the molecule is CC1Oc2ccc(CNC3CCCC3)cc2NC1=O. The molecule has 1 unspecified atom stereocenters. The minimum absolute atomic E-state index is 0.0756. The lowest BCUT2D eigenvalue weighted by Gasteiger charge is -2.24. The Balaban J connectivity index is 1.67. The zero-order valence-corrected chi connectivity index (χ0v) is 11.2. The molecular formula is C15H20N2O2. The summed E-state index contributed by atoms with van der Waals surface area (Å²) in [4.78, 5) is 11.6. The molecule has 19 heavy (non-hydrogen) atoms. The van der Waals surface area contributed by atoms with Crippen LogP contribution in [0.3, 0.4) is 0 Å². The molecule has 0 bridgehead atoms. The molecule has 0 spiro atoms. The highest BCUT2D eigenvalue weighted by Gasteiger charge is 2.23. The zero-order valence-electron chi connectivity index (χ0n) is 11.2. The van der Waals surface area contributed by atoms with Crippen molar-refractivity contribution >= 4 is 11.6 Å². The van der Waals surface area contributed by atoms with Gasteiger partial charge in [-0.05, 0) is 37.5 Å². The van der Waals surface area contributed by atoms with Crippen LogP contribution in [0.25, 0.3) is 0 Å². The molecule has 2 N–H and O–H groups in total. The molecule has 2 aliphatic rings. The summed E-state index contributed by atoms with van der Waals surface area (Å²) in [6.45, 7) is 2.61. The van der Waals surface area contributed by atoms with Gasteiger partial charge in [0, 0.05) is 12.6 Å². The van der Waals surface area contributed by atoms with Crippen molar-refractivity contribution in [3.63, 3.8) is 0 Å². The van der Waals surface area contributed by atoms with Gasteiger partial charge in [0.1, 0.15) is 5.75 Å². The van der Waals surface area contributed by atoms with Crippen molar-refractivity contribution in [2.24, 2.45) is 0 Å². The number of rotatable bonds is 3. The number of hydrogen-bond acceptors (Lipinski definition) is 3. The quantitative estimate of drug-likeness (QED) is 0.877. The van der Waals surface area contributed by atoms with Gasteiger partial charge in [0.2, 0.25) is 0 Å². The lowest BCUT2D eigenvalue weighted by molar-refractivity contribution is -0.122. The minimum Gasteiger partial charge on any atom is -0.479 e. The van der Waals surface area contributed by atoms with E-state index in [1.165, 1.54) is 31.2 Å². The van der Waals surface area contributed by atoms with Crippen molar-refractivity contribution in [3.8, 4) is 5.75 Å². The summed E-state index contributed by atoms with van der Waals surface area (Å²) in [5.74, 6) is 0.685. The molecule has 0 aromatic heterocycles. The van der Waals surface area contributed by atoms with Crippen LogP contribution in [0.2, 0.25) is 0 Å². The van der Waals surface area contributed by atoms with Gasteiger partial charge in [0.05, 0.1) is 5.69 Å². The summed E-state index contributed by atoms with van der Waals surface area (Å²) < 4.78 is 5.54. The monoisotopic (exact) mass is 260 g/mol. The van der Waals surface area contributed by atoms with Gasteiger partial charge in [-0.25, -0.2) is 0 Å². The average molecular weight is 260 g/mol. The van der Waals surface area contributed by atoms with Crippen molar-refractivity contribution < 1.29 is 9.53 Å². The third kappa shape index (κ3) is 2.73. The molecule has 3 rings (SSSR count). The highest BCUT2D eigenvalue weighted by atomic mass is 16.5. The van der Waals surface area contributed by atoms with Gasteiger partial charge < -0.3 is 15.4 Å². The maximum Gasteiger partial charge on any atom is 0.265 e. The number of hydrogen-bond donors (Lipinski definition) is 2. The Hall–Kier alpha value is -1.55. The number of benzene rings is 1. The molecule has 0 radical (unpaired) electrons. The van der Waals surface area contributed by atoms with Gasteiger partial charge in [0.15, 0.2) is 6.10 Å². The maximum atomic E-state index is 11.6. The molecule has 1 aromatic carbocycles. The predicted molar refractivity (Wildman–Crippen MR) is 74.3 cm³/mol. The van der Waals surface area contributed by atoms with Crippen LogP contribution in [0, 0.1) is 0 Å². The fourth-order valence-corrected chi connectivity index (χ4v) is 2.76. The van der Waals surface area contributed by atoms with Crippen molar-refractivity contribution in [3.05, 3.63) is 23.8 Å². The first-order chi connectivity index (χ1) is 9.22. The molecule has 1 aromatic rings. The Morgan fingerprint density at radius 2 is 2.16 bits per heavy atom. The lowest BCUT2D eigenvalue weighted by atomic mass is 10.1. The Morgan fingerprint density at radius 1 is 1.37 bits per heavy atom. The molecule has 1 saturated carbocycles. The third-order valence-electron chi connectivity index (χ3n) is 3.92. The number of carbonyl (C=O) groups is 1. The van der Waals surface area contributed by atoms with Crippen LogP contribution >= 0.6 is 0 Å². The summed E-state index contributed by atoms with van der Waals surface area (Å²) in [6, 6.07) is 6.66. The Kier molecular flexibility index (Phi) is 3.42. The van der Waals surface area contributed by atoms with Gasteiger partial charge >= 0.3 is 0 Å². The average Bonchev–Trinajstić information content (AvgIpc) is 2.91. The van der Waals surface area contributed by atoms with Crippen LogP contribution in [0.1, 0.15) is 38.2 Å². The van der Waals surface area contributed by atoms with E-state index in [0.717, 1.165) is 18.0 Å². The van der Waals surface area contributed by atoms with Crippen molar-refractivity contribution in [1.29, 1.82) is 0 Å². The predicted octanol–water partition coefficient (Wildman–Crippen LogP) is 2.44. The summed E-state index contributed by atoms with van der Waals surface area (Å²) in [5, 5.41) is 6.46. The normalized spacial score (nSPS) is 22.8. The van der Waals surface area contributed by atoms with Gasteiger partial charge in [-0.3, -0.25) is 4.79 Å². The van der Waals surface area contributed by atoms with E-state index >= 15 is 0 Å². The van der Waals surface area contributed by atoms with E-state index in [2.05, 4.69) is 16.7 Å². The van der Waals surface area contributed by atoms with E-state index in [1.807, 2.05) is 12.1 Å².